The summed E-state index contributed by atoms with van der Waals surface area (Å²) in [5, 5.41) is 7.40. The number of benzene rings is 1. The second kappa shape index (κ2) is 6.24. The number of carbonyl (C=O) groups is 2. The van der Waals surface area contributed by atoms with Crippen molar-refractivity contribution in [3.63, 3.8) is 0 Å². The molecule has 0 atom stereocenters. The number of hydrogen-bond donors (Lipinski definition) is 1. The van der Waals surface area contributed by atoms with Gasteiger partial charge in [0.1, 0.15) is 0 Å². The number of nitrogens with one attached hydrogen (secondary N) is 1. The molecule has 6 heteroatoms. The van der Waals surface area contributed by atoms with Crippen molar-refractivity contribution >= 4 is 17.5 Å². The molecule has 3 rings (SSSR count). The minimum Gasteiger partial charge on any atom is -0.333 e. The molecule has 0 aliphatic carbocycles. The Labute approximate surface area is 135 Å². The predicted octanol–water partition coefficient (Wildman–Crippen LogP) is 2.05. The highest BCUT2D eigenvalue weighted by Gasteiger charge is 2.23. The molecular formula is C17H20N4O2. The summed E-state index contributed by atoms with van der Waals surface area (Å²) in [6.07, 6.45) is 1.37. The van der Waals surface area contributed by atoms with Gasteiger partial charge in [-0.05, 0) is 32.4 Å². The first-order chi connectivity index (χ1) is 11.1. The Bertz CT molecular complexity index is 737. The summed E-state index contributed by atoms with van der Waals surface area (Å²) < 4.78 is 1.81. The van der Waals surface area contributed by atoms with Crippen LogP contribution in [-0.2, 0) is 9.59 Å². The van der Waals surface area contributed by atoms with Crippen LogP contribution in [0, 0.1) is 13.8 Å². The van der Waals surface area contributed by atoms with Gasteiger partial charge in [-0.2, -0.15) is 5.10 Å². The largest absolute Gasteiger partial charge is 0.333 e. The molecule has 23 heavy (non-hydrogen) atoms. The number of amides is 2. The highest BCUT2D eigenvalue weighted by Crippen LogP contribution is 2.22. The van der Waals surface area contributed by atoms with Gasteiger partial charge in [0.15, 0.2) is 0 Å². The van der Waals surface area contributed by atoms with Crippen molar-refractivity contribution in [1.29, 1.82) is 0 Å². The number of anilines is 1. The van der Waals surface area contributed by atoms with E-state index in [2.05, 4.69) is 10.4 Å². The zero-order chi connectivity index (χ0) is 16.4. The van der Waals surface area contributed by atoms with E-state index in [1.54, 1.807) is 4.90 Å². The summed E-state index contributed by atoms with van der Waals surface area (Å²) in [5.41, 5.74) is 3.29. The summed E-state index contributed by atoms with van der Waals surface area (Å²) >= 11 is 0. The van der Waals surface area contributed by atoms with E-state index >= 15 is 0 Å². The maximum Gasteiger partial charge on any atom is 0.244 e. The van der Waals surface area contributed by atoms with Gasteiger partial charge in [-0.1, -0.05) is 18.2 Å². The van der Waals surface area contributed by atoms with Crippen LogP contribution in [0.4, 0.5) is 5.69 Å². The fraction of sp³-hybridized carbons (Fsp3) is 0.353. The van der Waals surface area contributed by atoms with Gasteiger partial charge in [-0.15, -0.1) is 0 Å². The summed E-state index contributed by atoms with van der Waals surface area (Å²) in [4.78, 5) is 25.4. The maximum atomic E-state index is 12.2. The number of para-hydroxylation sites is 1. The van der Waals surface area contributed by atoms with Crippen molar-refractivity contribution < 1.29 is 9.59 Å². The molecule has 1 saturated heterocycles. The number of aryl methyl sites for hydroxylation is 1. The monoisotopic (exact) mass is 312 g/mol. The molecule has 1 aliphatic heterocycles. The molecular weight excluding hydrogens is 292 g/mol. The Kier molecular flexibility index (Phi) is 4.14. The zero-order valence-corrected chi connectivity index (χ0v) is 13.4. The van der Waals surface area contributed by atoms with E-state index in [4.69, 9.17) is 0 Å². The molecule has 2 amide bonds. The molecule has 0 radical (unpaired) electrons. The first-order valence-corrected chi connectivity index (χ1v) is 7.75. The van der Waals surface area contributed by atoms with Crippen molar-refractivity contribution in [2.75, 3.05) is 18.4 Å². The average molecular weight is 312 g/mol. The van der Waals surface area contributed by atoms with Crippen molar-refractivity contribution in [3.8, 4) is 5.69 Å². The summed E-state index contributed by atoms with van der Waals surface area (Å²) in [5.74, 6) is -0.132. The molecule has 1 aromatic heterocycles. The van der Waals surface area contributed by atoms with Gasteiger partial charge in [-0.3, -0.25) is 9.59 Å². The molecule has 1 N–H and O–H groups in total. The number of aromatic nitrogens is 2. The van der Waals surface area contributed by atoms with E-state index < -0.39 is 0 Å². The van der Waals surface area contributed by atoms with Crippen LogP contribution in [0.3, 0.4) is 0 Å². The van der Waals surface area contributed by atoms with Gasteiger partial charge in [0.2, 0.25) is 11.8 Å². The van der Waals surface area contributed by atoms with E-state index in [-0.39, 0.29) is 18.4 Å². The molecule has 120 valence electrons. The van der Waals surface area contributed by atoms with Crippen LogP contribution in [0.2, 0.25) is 0 Å². The highest BCUT2D eigenvalue weighted by molar-refractivity contribution is 5.95. The van der Waals surface area contributed by atoms with Crippen molar-refractivity contribution in [1.82, 2.24) is 14.7 Å². The molecule has 6 nitrogen and oxygen atoms in total. The zero-order valence-electron chi connectivity index (χ0n) is 13.4. The molecule has 2 heterocycles. The lowest BCUT2D eigenvalue weighted by molar-refractivity contribution is -0.131. The van der Waals surface area contributed by atoms with Crippen LogP contribution in [-0.4, -0.2) is 39.6 Å². The molecule has 1 fully saturated rings. The number of rotatable bonds is 4. The third-order valence-corrected chi connectivity index (χ3v) is 4.06. The lowest BCUT2D eigenvalue weighted by Crippen LogP contribution is -2.34. The molecule has 1 aliphatic rings. The third kappa shape index (κ3) is 3.11. The first-order valence-electron chi connectivity index (χ1n) is 7.75. The molecule has 0 unspecified atom stereocenters. The summed E-state index contributed by atoms with van der Waals surface area (Å²) in [7, 11) is 0. The Morgan fingerprint density at radius 2 is 2.00 bits per heavy atom. The van der Waals surface area contributed by atoms with Gasteiger partial charge in [-0.25, -0.2) is 4.68 Å². The molecule has 0 spiro atoms. The molecule has 2 aromatic rings. The fourth-order valence-corrected chi connectivity index (χ4v) is 2.87. The second-order valence-corrected chi connectivity index (χ2v) is 5.76. The van der Waals surface area contributed by atoms with E-state index in [0.717, 1.165) is 23.5 Å². The lowest BCUT2D eigenvalue weighted by atomic mass is 10.3. The summed E-state index contributed by atoms with van der Waals surface area (Å²) in [6, 6.07) is 9.78. The van der Waals surface area contributed by atoms with Crippen LogP contribution < -0.4 is 5.32 Å². The topological polar surface area (TPSA) is 67.2 Å². The van der Waals surface area contributed by atoms with Crippen molar-refractivity contribution in [3.05, 3.63) is 41.7 Å². The van der Waals surface area contributed by atoms with E-state index in [9.17, 15) is 9.59 Å². The van der Waals surface area contributed by atoms with E-state index in [0.29, 0.717) is 18.7 Å². The van der Waals surface area contributed by atoms with Gasteiger partial charge in [0.25, 0.3) is 0 Å². The van der Waals surface area contributed by atoms with Gasteiger partial charge >= 0.3 is 0 Å². The Morgan fingerprint density at radius 3 is 2.65 bits per heavy atom. The minimum absolute atomic E-state index is 0.0496. The average Bonchev–Trinajstić information content (AvgIpc) is 3.06. The molecule has 0 bridgehead atoms. The maximum absolute atomic E-state index is 12.2. The number of likely N-dealkylation sites (tertiary alicyclic amines) is 1. The molecule has 1 aromatic carbocycles. The predicted molar refractivity (Wildman–Crippen MR) is 87.5 cm³/mol. The van der Waals surface area contributed by atoms with Crippen LogP contribution in [0.25, 0.3) is 5.69 Å². The van der Waals surface area contributed by atoms with Gasteiger partial charge in [0, 0.05) is 13.0 Å². The SMILES string of the molecule is Cc1nn(-c2ccccc2)c(C)c1NC(=O)CN1CCCC1=O. The highest BCUT2D eigenvalue weighted by atomic mass is 16.2. The lowest BCUT2D eigenvalue weighted by Gasteiger charge is -2.15. The summed E-state index contributed by atoms with van der Waals surface area (Å²) in [6.45, 7) is 4.55. The number of carbonyl (C=O) groups excluding carboxylic acids is 2. The number of hydrogen-bond acceptors (Lipinski definition) is 3. The standard InChI is InChI=1S/C17H20N4O2/c1-12-17(18-15(22)11-20-10-6-9-16(20)23)13(2)21(19-12)14-7-4-3-5-8-14/h3-5,7-8H,6,9-11H2,1-2H3,(H,18,22). The van der Waals surface area contributed by atoms with Crippen LogP contribution in [0.1, 0.15) is 24.2 Å². The van der Waals surface area contributed by atoms with Crippen LogP contribution in [0.15, 0.2) is 30.3 Å². The smallest absolute Gasteiger partial charge is 0.244 e. The van der Waals surface area contributed by atoms with Gasteiger partial charge < -0.3 is 10.2 Å². The van der Waals surface area contributed by atoms with Gasteiger partial charge in [0.05, 0.1) is 29.3 Å². The fourth-order valence-electron chi connectivity index (χ4n) is 2.87. The van der Waals surface area contributed by atoms with Crippen molar-refractivity contribution in [2.24, 2.45) is 0 Å². The Balaban J connectivity index is 1.77. The molecule has 0 saturated carbocycles. The second-order valence-electron chi connectivity index (χ2n) is 5.76. The normalized spacial score (nSPS) is 14.3. The van der Waals surface area contributed by atoms with E-state index in [1.165, 1.54) is 0 Å². The Morgan fingerprint density at radius 1 is 1.26 bits per heavy atom. The van der Waals surface area contributed by atoms with Crippen LogP contribution in [0.5, 0.6) is 0 Å². The Hall–Kier alpha value is -2.63. The first kappa shape index (κ1) is 15.3. The number of nitrogens with zero attached hydrogens (tertiary/aromatic N) is 3. The minimum atomic E-state index is -0.181. The van der Waals surface area contributed by atoms with E-state index in [1.807, 2.05) is 48.9 Å². The van der Waals surface area contributed by atoms with Crippen LogP contribution >= 0.6 is 0 Å². The third-order valence-electron chi connectivity index (χ3n) is 4.06. The van der Waals surface area contributed by atoms with Crippen molar-refractivity contribution in [2.45, 2.75) is 26.7 Å². The quantitative estimate of drug-likeness (QED) is 0.939.